The van der Waals surface area contributed by atoms with E-state index >= 15 is 0 Å². The van der Waals surface area contributed by atoms with Crippen LogP contribution in [0.1, 0.15) is 16.7 Å². The van der Waals surface area contributed by atoms with Crippen molar-refractivity contribution in [3.63, 3.8) is 0 Å². The summed E-state index contributed by atoms with van der Waals surface area (Å²) in [6.07, 6.45) is 2.94. The standard InChI is InChI=1S/C20H21FN2O2/c1-14-5-4-6-18(15(14)2)22-19(24)13-23(3)20(25)12-9-16-7-10-17(21)11-8-16/h4-12H,13H2,1-3H3,(H,22,24)/b12-9+. The minimum Gasteiger partial charge on any atom is -0.333 e. The maximum Gasteiger partial charge on any atom is 0.246 e. The van der Waals surface area contributed by atoms with Gasteiger partial charge in [0.25, 0.3) is 0 Å². The Morgan fingerprint density at radius 2 is 1.80 bits per heavy atom. The molecule has 0 spiro atoms. The highest BCUT2D eigenvalue weighted by atomic mass is 19.1. The van der Waals surface area contributed by atoms with Crippen molar-refractivity contribution in [2.45, 2.75) is 13.8 Å². The Kier molecular flexibility index (Phi) is 6.06. The number of aryl methyl sites for hydroxylation is 1. The van der Waals surface area contributed by atoms with Crippen LogP contribution < -0.4 is 5.32 Å². The van der Waals surface area contributed by atoms with Crippen molar-refractivity contribution in [2.24, 2.45) is 0 Å². The number of hydrogen-bond acceptors (Lipinski definition) is 2. The summed E-state index contributed by atoms with van der Waals surface area (Å²) < 4.78 is 12.8. The fourth-order valence-electron chi connectivity index (χ4n) is 2.24. The summed E-state index contributed by atoms with van der Waals surface area (Å²) in [6, 6.07) is 11.5. The Balaban J connectivity index is 1.92. The topological polar surface area (TPSA) is 49.4 Å². The summed E-state index contributed by atoms with van der Waals surface area (Å²) in [4.78, 5) is 25.5. The van der Waals surface area contributed by atoms with Crippen molar-refractivity contribution >= 4 is 23.6 Å². The highest BCUT2D eigenvalue weighted by Gasteiger charge is 2.12. The van der Waals surface area contributed by atoms with Crippen molar-refractivity contribution in [2.75, 3.05) is 18.9 Å². The molecule has 25 heavy (non-hydrogen) atoms. The highest BCUT2D eigenvalue weighted by Crippen LogP contribution is 2.17. The molecular weight excluding hydrogens is 319 g/mol. The predicted molar refractivity (Wildman–Crippen MR) is 97.6 cm³/mol. The first-order valence-electron chi connectivity index (χ1n) is 7.91. The fraction of sp³-hybridized carbons (Fsp3) is 0.200. The average Bonchev–Trinajstić information content (AvgIpc) is 2.58. The largest absolute Gasteiger partial charge is 0.333 e. The van der Waals surface area contributed by atoms with Crippen LogP contribution in [-0.4, -0.2) is 30.3 Å². The lowest BCUT2D eigenvalue weighted by molar-refractivity contribution is -0.129. The third-order valence-electron chi connectivity index (χ3n) is 3.92. The van der Waals surface area contributed by atoms with Gasteiger partial charge in [-0.25, -0.2) is 4.39 Å². The van der Waals surface area contributed by atoms with Crippen LogP contribution in [0.15, 0.2) is 48.5 Å². The molecule has 0 atom stereocenters. The third kappa shape index (κ3) is 5.28. The maximum atomic E-state index is 12.8. The predicted octanol–water partition coefficient (Wildman–Crippen LogP) is 3.55. The van der Waals surface area contributed by atoms with E-state index in [0.29, 0.717) is 5.56 Å². The second kappa shape index (κ2) is 8.24. The summed E-state index contributed by atoms with van der Waals surface area (Å²) >= 11 is 0. The average molecular weight is 340 g/mol. The van der Waals surface area contributed by atoms with E-state index in [1.54, 1.807) is 25.3 Å². The molecule has 0 radical (unpaired) electrons. The number of hydrogen-bond donors (Lipinski definition) is 1. The van der Waals surface area contributed by atoms with Crippen molar-refractivity contribution in [3.8, 4) is 0 Å². The van der Waals surface area contributed by atoms with Crippen molar-refractivity contribution in [1.82, 2.24) is 4.90 Å². The quantitative estimate of drug-likeness (QED) is 0.846. The van der Waals surface area contributed by atoms with Crippen LogP contribution >= 0.6 is 0 Å². The summed E-state index contributed by atoms with van der Waals surface area (Å²) in [6.45, 7) is 3.85. The molecule has 0 aliphatic heterocycles. The zero-order valence-electron chi connectivity index (χ0n) is 14.5. The number of amides is 2. The van der Waals surface area contributed by atoms with E-state index in [4.69, 9.17) is 0 Å². The van der Waals surface area contributed by atoms with Gasteiger partial charge in [0.2, 0.25) is 11.8 Å². The van der Waals surface area contributed by atoms with E-state index in [1.165, 1.54) is 23.1 Å². The molecule has 0 saturated carbocycles. The molecule has 130 valence electrons. The zero-order chi connectivity index (χ0) is 18.4. The van der Waals surface area contributed by atoms with Gasteiger partial charge >= 0.3 is 0 Å². The number of carbonyl (C=O) groups excluding carboxylic acids is 2. The lowest BCUT2D eigenvalue weighted by atomic mass is 10.1. The Morgan fingerprint density at radius 1 is 1.12 bits per heavy atom. The first kappa shape index (κ1) is 18.4. The van der Waals surface area contributed by atoms with E-state index < -0.39 is 0 Å². The monoisotopic (exact) mass is 340 g/mol. The van der Waals surface area contributed by atoms with Gasteiger partial charge in [-0.05, 0) is 54.8 Å². The molecule has 0 aliphatic carbocycles. The molecule has 0 bridgehead atoms. The molecule has 0 aliphatic rings. The molecule has 0 saturated heterocycles. The number of likely N-dealkylation sites (N-methyl/N-ethyl adjacent to an activating group) is 1. The summed E-state index contributed by atoms with van der Waals surface area (Å²) in [7, 11) is 1.56. The Morgan fingerprint density at radius 3 is 2.48 bits per heavy atom. The smallest absolute Gasteiger partial charge is 0.246 e. The van der Waals surface area contributed by atoms with Crippen LogP contribution in [0.4, 0.5) is 10.1 Å². The van der Waals surface area contributed by atoms with Gasteiger partial charge < -0.3 is 10.2 Å². The third-order valence-corrected chi connectivity index (χ3v) is 3.92. The SMILES string of the molecule is Cc1cccc(NC(=O)CN(C)C(=O)/C=C/c2ccc(F)cc2)c1C. The van der Waals surface area contributed by atoms with Gasteiger partial charge in [-0.15, -0.1) is 0 Å². The first-order chi connectivity index (χ1) is 11.9. The normalized spacial score (nSPS) is 10.7. The molecule has 2 aromatic carbocycles. The molecule has 0 aromatic heterocycles. The Hall–Kier alpha value is -2.95. The number of carbonyl (C=O) groups is 2. The second-order valence-corrected chi connectivity index (χ2v) is 5.87. The number of nitrogens with zero attached hydrogens (tertiary/aromatic N) is 1. The van der Waals surface area contributed by atoms with Crippen molar-refractivity contribution < 1.29 is 14.0 Å². The van der Waals surface area contributed by atoms with Crippen molar-refractivity contribution in [3.05, 3.63) is 71.0 Å². The molecule has 1 N–H and O–H groups in total. The van der Waals surface area contributed by atoms with E-state index in [1.807, 2.05) is 32.0 Å². The van der Waals surface area contributed by atoms with E-state index in [0.717, 1.165) is 16.8 Å². The molecule has 5 heteroatoms. The molecule has 0 unspecified atom stereocenters. The Labute approximate surface area is 147 Å². The maximum absolute atomic E-state index is 12.8. The number of rotatable bonds is 5. The molecule has 0 fully saturated rings. The molecule has 0 heterocycles. The molecule has 2 aromatic rings. The molecule has 2 rings (SSSR count). The molecule has 2 amide bonds. The van der Waals surface area contributed by atoms with E-state index in [-0.39, 0.29) is 24.2 Å². The van der Waals surface area contributed by atoms with E-state index in [9.17, 15) is 14.0 Å². The van der Waals surface area contributed by atoms with Gasteiger partial charge in [-0.1, -0.05) is 24.3 Å². The van der Waals surface area contributed by atoms with Gasteiger partial charge in [-0.3, -0.25) is 9.59 Å². The van der Waals surface area contributed by atoms with Gasteiger partial charge in [0.15, 0.2) is 0 Å². The van der Waals surface area contributed by atoms with Gasteiger partial charge in [0, 0.05) is 18.8 Å². The highest BCUT2D eigenvalue weighted by molar-refractivity contribution is 5.98. The summed E-state index contributed by atoms with van der Waals surface area (Å²) in [5.74, 6) is -0.899. The lowest BCUT2D eigenvalue weighted by Crippen LogP contribution is -2.34. The number of benzene rings is 2. The van der Waals surface area contributed by atoms with Crippen LogP contribution in [0, 0.1) is 19.7 Å². The number of anilines is 1. The summed E-state index contributed by atoms with van der Waals surface area (Å²) in [5.41, 5.74) is 3.54. The van der Waals surface area contributed by atoms with Crippen LogP contribution in [0.25, 0.3) is 6.08 Å². The van der Waals surface area contributed by atoms with Crippen LogP contribution in [0.3, 0.4) is 0 Å². The lowest BCUT2D eigenvalue weighted by Gasteiger charge is -2.16. The van der Waals surface area contributed by atoms with Crippen LogP contribution in [0.5, 0.6) is 0 Å². The summed E-state index contributed by atoms with van der Waals surface area (Å²) in [5, 5.41) is 2.82. The van der Waals surface area contributed by atoms with E-state index in [2.05, 4.69) is 5.32 Å². The second-order valence-electron chi connectivity index (χ2n) is 5.87. The van der Waals surface area contributed by atoms with Gasteiger partial charge in [-0.2, -0.15) is 0 Å². The minimum absolute atomic E-state index is 0.0556. The minimum atomic E-state index is -0.330. The number of halogens is 1. The molecular formula is C20H21FN2O2. The Bertz CT molecular complexity index is 798. The first-order valence-corrected chi connectivity index (χ1v) is 7.91. The van der Waals surface area contributed by atoms with Crippen molar-refractivity contribution in [1.29, 1.82) is 0 Å². The fourth-order valence-corrected chi connectivity index (χ4v) is 2.24. The van der Waals surface area contributed by atoms with Gasteiger partial charge in [0.1, 0.15) is 5.82 Å². The zero-order valence-corrected chi connectivity index (χ0v) is 14.5. The number of nitrogens with one attached hydrogen (secondary N) is 1. The van der Waals surface area contributed by atoms with Gasteiger partial charge in [0.05, 0.1) is 6.54 Å². The van der Waals surface area contributed by atoms with Crippen LogP contribution in [-0.2, 0) is 9.59 Å². The van der Waals surface area contributed by atoms with Crippen LogP contribution in [0.2, 0.25) is 0 Å². The molecule has 4 nitrogen and oxygen atoms in total.